The molecule has 0 saturated heterocycles. The third-order valence-electron chi connectivity index (χ3n) is 3.38. The molecule has 1 aliphatic rings. The molecule has 0 aliphatic heterocycles. The molecule has 2 unspecified atom stereocenters. The van der Waals surface area contributed by atoms with Gasteiger partial charge in [-0.05, 0) is 37.3 Å². The molecular formula is C13H15N3O2. The zero-order valence-corrected chi connectivity index (χ0v) is 10.2. The van der Waals surface area contributed by atoms with Crippen LogP contribution in [0.5, 0.6) is 0 Å². The summed E-state index contributed by atoms with van der Waals surface area (Å²) in [7, 11) is 0. The standard InChI is InChI=1S/C13H15N3O2/c1-9-2-4-11(6-9)15-12-5-3-10(8-14)13(7-12)16(17)18/h3,5,7,9,11,15H,2,4,6H2,1H3. The highest BCUT2D eigenvalue weighted by atomic mass is 16.6. The first-order chi connectivity index (χ1) is 8.60. The van der Waals surface area contributed by atoms with Crippen molar-refractivity contribution in [1.82, 2.24) is 0 Å². The highest BCUT2D eigenvalue weighted by Crippen LogP contribution is 2.29. The number of nitrogens with one attached hydrogen (secondary N) is 1. The summed E-state index contributed by atoms with van der Waals surface area (Å²) >= 11 is 0. The van der Waals surface area contributed by atoms with Crippen LogP contribution in [0.4, 0.5) is 11.4 Å². The second kappa shape index (κ2) is 5.05. The summed E-state index contributed by atoms with van der Waals surface area (Å²) in [5.41, 5.74) is 0.693. The second-order valence-corrected chi connectivity index (χ2v) is 4.86. The number of rotatable bonds is 3. The third kappa shape index (κ3) is 2.59. The highest BCUT2D eigenvalue weighted by molar-refractivity contribution is 5.59. The number of hydrogen-bond donors (Lipinski definition) is 1. The van der Waals surface area contributed by atoms with E-state index in [-0.39, 0.29) is 11.3 Å². The van der Waals surface area contributed by atoms with E-state index >= 15 is 0 Å². The molecule has 0 aromatic heterocycles. The molecule has 2 rings (SSSR count). The van der Waals surface area contributed by atoms with Crippen LogP contribution in [-0.2, 0) is 0 Å². The molecule has 0 amide bonds. The molecule has 1 aromatic carbocycles. The van der Waals surface area contributed by atoms with Gasteiger partial charge < -0.3 is 5.32 Å². The van der Waals surface area contributed by atoms with Crippen molar-refractivity contribution in [1.29, 1.82) is 5.26 Å². The van der Waals surface area contributed by atoms with Gasteiger partial charge in [0, 0.05) is 17.8 Å². The van der Waals surface area contributed by atoms with Gasteiger partial charge in [0.15, 0.2) is 0 Å². The number of anilines is 1. The summed E-state index contributed by atoms with van der Waals surface area (Å²) in [6.45, 7) is 2.21. The van der Waals surface area contributed by atoms with Crippen LogP contribution in [0.2, 0.25) is 0 Å². The third-order valence-corrected chi connectivity index (χ3v) is 3.38. The first-order valence-corrected chi connectivity index (χ1v) is 6.05. The molecule has 0 bridgehead atoms. The van der Waals surface area contributed by atoms with Crippen molar-refractivity contribution in [3.63, 3.8) is 0 Å². The van der Waals surface area contributed by atoms with Gasteiger partial charge in [-0.2, -0.15) is 5.26 Å². The lowest BCUT2D eigenvalue weighted by Crippen LogP contribution is -2.15. The summed E-state index contributed by atoms with van der Waals surface area (Å²) < 4.78 is 0. The van der Waals surface area contributed by atoms with E-state index in [1.165, 1.54) is 18.6 Å². The largest absolute Gasteiger partial charge is 0.382 e. The van der Waals surface area contributed by atoms with Gasteiger partial charge >= 0.3 is 0 Å². The minimum absolute atomic E-state index is 0.102. The van der Waals surface area contributed by atoms with E-state index in [4.69, 9.17) is 5.26 Å². The van der Waals surface area contributed by atoms with Crippen LogP contribution in [-0.4, -0.2) is 11.0 Å². The molecule has 0 spiro atoms. The van der Waals surface area contributed by atoms with Crippen molar-refractivity contribution in [2.24, 2.45) is 5.92 Å². The van der Waals surface area contributed by atoms with Gasteiger partial charge in [-0.3, -0.25) is 10.1 Å². The normalized spacial score (nSPS) is 22.4. The predicted octanol–water partition coefficient (Wildman–Crippen LogP) is 3.07. The quantitative estimate of drug-likeness (QED) is 0.655. The summed E-state index contributed by atoms with van der Waals surface area (Å²) in [4.78, 5) is 10.3. The fourth-order valence-corrected chi connectivity index (χ4v) is 2.44. The second-order valence-electron chi connectivity index (χ2n) is 4.86. The number of nitro groups is 1. The van der Waals surface area contributed by atoms with Crippen molar-refractivity contribution in [3.05, 3.63) is 33.9 Å². The molecule has 94 valence electrons. The van der Waals surface area contributed by atoms with Gasteiger partial charge in [0.25, 0.3) is 5.69 Å². The number of nitrogens with zero attached hydrogens (tertiary/aromatic N) is 2. The van der Waals surface area contributed by atoms with E-state index in [0.29, 0.717) is 12.0 Å². The maximum atomic E-state index is 10.8. The van der Waals surface area contributed by atoms with Crippen LogP contribution in [0.15, 0.2) is 18.2 Å². The van der Waals surface area contributed by atoms with Crippen molar-refractivity contribution in [3.8, 4) is 6.07 Å². The molecule has 1 aliphatic carbocycles. The smallest absolute Gasteiger partial charge is 0.289 e. The summed E-state index contributed by atoms with van der Waals surface area (Å²) in [6.07, 6.45) is 3.37. The van der Waals surface area contributed by atoms with Crippen LogP contribution < -0.4 is 5.32 Å². The Bertz CT molecular complexity index is 507. The Morgan fingerprint density at radius 1 is 1.50 bits per heavy atom. The van der Waals surface area contributed by atoms with E-state index in [1.54, 1.807) is 6.07 Å². The molecule has 1 N–H and O–H groups in total. The minimum Gasteiger partial charge on any atom is -0.382 e. The average Bonchev–Trinajstić information content (AvgIpc) is 2.74. The fourth-order valence-electron chi connectivity index (χ4n) is 2.44. The molecule has 2 atom stereocenters. The molecular weight excluding hydrogens is 230 g/mol. The van der Waals surface area contributed by atoms with E-state index in [2.05, 4.69) is 12.2 Å². The molecule has 5 heteroatoms. The first kappa shape index (κ1) is 12.4. The number of nitro benzene ring substituents is 1. The molecule has 0 heterocycles. The number of hydrogen-bond acceptors (Lipinski definition) is 4. The maximum absolute atomic E-state index is 10.8. The first-order valence-electron chi connectivity index (χ1n) is 6.05. The Hall–Kier alpha value is -2.09. The van der Waals surface area contributed by atoms with Gasteiger partial charge in [0.1, 0.15) is 11.6 Å². The van der Waals surface area contributed by atoms with E-state index < -0.39 is 4.92 Å². The van der Waals surface area contributed by atoms with Gasteiger partial charge in [-0.15, -0.1) is 0 Å². The number of nitriles is 1. The lowest BCUT2D eigenvalue weighted by Gasteiger charge is -2.13. The summed E-state index contributed by atoms with van der Waals surface area (Å²) in [5.74, 6) is 0.705. The Morgan fingerprint density at radius 2 is 2.28 bits per heavy atom. The van der Waals surface area contributed by atoms with Crippen LogP contribution in [0.3, 0.4) is 0 Å². The van der Waals surface area contributed by atoms with Crippen molar-refractivity contribution >= 4 is 11.4 Å². The zero-order chi connectivity index (χ0) is 13.1. The van der Waals surface area contributed by atoms with Gasteiger partial charge in [-0.1, -0.05) is 6.92 Å². The van der Waals surface area contributed by atoms with Crippen molar-refractivity contribution in [2.45, 2.75) is 32.2 Å². The van der Waals surface area contributed by atoms with Crippen LogP contribution in [0.25, 0.3) is 0 Å². The van der Waals surface area contributed by atoms with E-state index in [9.17, 15) is 10.1 Å². The van der Waals surface area contributed by atoms with Crippen molar-refractivity contribution in [2.75, 3.05) is 5.32 Å². The monoisotopic (exact) mass is 245 g/mol. The van der Waals surface area contributed by atoms with Crippen molar-refractivity contribution < 1.29 is 4.92 Å². The Labute approximate surface area is 106 Å². The average molecular weight is 245 g/mol. The Morgan fingerprint density at radius 3 is 2.83 bits per heavy atom. The minimum atomic E-state index is -0.513. The van der Waals surface area contributed by atoms with Gasteiger partial charge in [0.05, 0.1) is 4.92 Å². The highest BCUT2D eigenvalue weighted by Gasteiger charge is 2.22. The van der Waals surface area contributed by atoms with E-state index in [1.807, 2.05) is 6.07 Å². The topological polar surface area (TPSA) is 79.0 Å². The summed E-state index contributed by atoms with van der Waals surface area (Å²) in [6, 6.07) is 6.89. The molecule has 0 radical (unpaired) electrons. The molecule has 1 saturated carbocycles. The van der Waals surface area contributed by atoms with Crippen LogP contribution in [0.1, 0.15) is 31.7 Å². The maximum Gasteiger partial charge on any atom is 0.289 e. The molecule has 1 fully saturated rings. The Kier molecular flexibility index (Phi) is 3.47. The fraction of sp³-hybridized carbons (Fsp3) is 0.462. The van der Waals surface area contributed by atoms with E-state index in [0.717, 1.165) is 18.5 Å². The van der Waals surface area contributed by atoms with Crippen LogP contribution >= 0.6 is 0 Å². The summed E-state index contributed by atoms with van der Waals surface area (Å²) in [5, 5.41) is 23.0. The molecule has 5 nitrogen and oxygen atoms in total. The SMILES string of the molecule is CC1CCC(Nc2ccc(C#N)c([N+](=O)[O-])c2)C1. The lowest BCUT2D eigenvalue weighted by molar-refractivity contribution is -0.385. The van der Waals surface area contributed by atoms with Gasteiger partial charge in [-0.25, -0.2) is 0 Å². The van der Waals surface area contributed by atoms with Gasteiger partial charge in [0.2, 0.25) is 0 Å². The predicted molar refractivity (Wildman–Crippen MR) is 68.2 cm³/mol. The molecule has 1 aromatic rings. The number of benzene rings is 1. The molecule has 18 heavy (non-hydrogen) atoms. The van der Waals surface area contributed by atoms with Crippen LogP contribution in [0, 0.1) is 27.4 Å². The zero-order valence-electron chi connectivity index (χ0n) is 10.2. The Balaban J connectivity index is 2.17. The lowest BCUT2D eigenvalue weighted by atomic mass is 10.1.